The molecule has 0 aliphatic rings. The molecular formula is C22H13N5O4. The van der Waals surface area contributed by atoms with Gasteiger partial charge in [-0.15, -0.1) is 0 Å². The van der Waals surface area contributed by atoms with Crippen LogP contribution < -0.4 is 0 Å². The lowest BCUT2D eigenvalue weighted by atomic mass is 10.1. The number of nitro groups is 1. The third-order valence-corrected chi connectivity index (χ3v) is 4.59. The molecule has 0 saturated carbocycles. The van der Waals surface area contributed by atoms with Gasteiger partial charge in [0.1, 0.15) is 5.56 Å². The summed E-state index contributed by atoms with van der Waals surface area (Å²) in [6, 6.07) is 23.0. The van der Waals surface area contributed by atoms with Gasteiger partial charge in [0.15, 0.2) is 0 Å². The maximum Gasteiger partial charge on any atom is 0.282 e. The van der Waals surface area contributed by atoms with Crippen molar-refractivity contribution in [1.82, 2.24) is 20.3 Å². The van der Waals surface area contributed by atoms with Gasteiger partial charge in [0.25, 0.3) is 17.5 Å². The fourth-order valence-corrected chi connectivity index (χ4v) is 3.08. The van der Waals surface area contributed by atoms with E-state index in [1.54, 1.807) is 6.07 Å². The molecule has 0 saturated heterocycles. The summed E-state index contributed by atoms with van der Waals surface area (Å²) in [6.07, 6.45) is 0. The number of hydrogen-bond donors (Lipinski definition) is 0. The summed E-state index contributed by atoms with van der Waals surface area (Å²) >= 11 is 0. The van der Waals surface area contributed by atoms with Gasteiger partial charge >= 0.3 is 0 Å². The third kappa shape index (κ3) is 3.55. The fourth-order valence-electron chi connectivity index (χ4n) is 3.08. The van der Waals surface area contributed by atoms with Crippen molar-refractivity contribution in [2.45, 2.75) is 0 Å². The van der Waals surface area contributed by atoms with Gasteiger partial charge in [-0.25, -0.2) is 0 Å². The maximum atomic E-state index is 11.7. The van der Waals surface area contributed by atoms with Crippen LogP contribution in [0.1, 0.15) is 0 Å². The highest BCUT2D eigenvalue weighted by Crippen LogP contribution is 2.34. The molecular weight excluding hydrogens is 398 g/mol. The Morgan fingerprint density at radius 2 is 1.23 bits per heavy atom. The first kappa shape index (κ1) is 18.4. The average Bonchev–Trinajstić information content (AvgIpc) is 3.50. The Balaban J connectivity index is 1.51. The Bertz CT molecular complexity index is 1360. The molecule has 0 fully saturated rings. The van der Waals surface area contributed by atoms with Crippen molar-refractivity contribution in [3.8, 4) is 45.7 Å². The van der Waals surface area contributed by atoms with E-state index in [2.05, 4.69) is 20.3 Å². The van der Waals surface area contributed by atoms with Gasteiger partial charge in [0.05, 0.1) is 4.92 Å². The summed E-state index contributed by atoms with van der Waals surface area (Å²) in [7, 11) is 0. The third-order valence-electron chi connectivity index (χ3n) is 4.59. The highest BCUT2D eigenvalue weighted by molar-refractivity contribution is 5.74. The van der Waals surface area contributed by atoms with Crippen LogP contribution in [0.2, 0.25) is 0 Å². The molecule has 2 aromatic heterocycles. The normalized spacial score (nSPS) is 10.8. The molecule has 0 aliphatic heterocycles. The Kier molecular flexibility index (Phi) is 4.53. The lowest BCUT2D eigenvalue weighted by Gasteiger charge is -2.00. The summed E-state index contributed by atoms with van der Waals surface area (Å²) in [5, 5.41) is 19.6. The van der Waals surface area contributed by atoms with Crippen LogP contribution in [0.4, 0.5) is 5.69 Å². The van der Waals surface area contributed by atoms with Gasteiger partial charge in [0.2, 0.25) is 11.6 Å². The predicted octanol–water partition coefficient (Wildman–Crippen LogP) is 5.03. The molecule has 5 rings (SSSR count). The molecule has 0 unspecified atom stereocenters. The number of nitrogens with zero attached hydrogens (tertiary/aromatic N) is 5. The van der Waals surface area contributed by atoms with Gasteiger partial charge in [0, 0.05) is 22.8 Å². The maximum absolute atomic E-state index is 11.7. The molecule has 0 atom stereocenters. The molecule has 31 heavy (non-hydrogen) atoms. The molecule has 0 aliphatic carbocycles. The number of benzene rings is 3. The van der Waals surface area contributed by atoms with Crippen molar-refractivity contribution in [2.75, 3.05) is 0 Å². The first-order valence-corrected chi connectivity index (χ1v) is 9.26. The highest BCUT2D eigenvalue weighted by Gasteiger charge is 2.23. The van der Waals surface area contributed by atoms with E-state index in [-0.39, 0.29) is 23.0 Å². The summed E-state index contributed by atoms with van der Waals surface area (Å²) in [6.45, 7) is 0. The van der Waals surface area contributed by atoms with E-state index in [4.69, 9.17) is 9.05 Å². The summed E-state index contributed by atoms with van der Waals surface area (Å²) in [5.74, 6) is 0.960. The van der Waals surface area contributed by atoms with Crippen molar-refractivity contribution in [1.29, 1.82) is 0 Å². The first-order chi connectivity index (χ1) is 15.2. The molecule has 0 spiro atoms. The lowest BCUT2D eigenvalue weighted by Crippen LogP contribution is -1.93. The Hall–Kier alpha value is -4.66. The molecule has 150 valence electrons. The highest BCUT2D eigenvalue weighted by atomic mass is 16.6. The van der Waals surface area contributed by atoms with Crippen molar-refractivity contribution < 1.29 is 14.0 Å². The number of hydrogen-bond acceptors (Lipinski definition) is 8. The van der Waals surface area contributed by atoms with Crippen LogP contribution in [0.5, 0.6) is 0 Å². The first-order valence-electron chi connectivity index (χ1n) is 9.26. The van der Waals surface area contributed by atoms with Crippen LogP contribution in [0.3, 0.4) is 0 Å². The van der Waals surface area contributed by atoms with E-state index in [1.165, 1.54) is 12.1 Å². The van der Waals surface area contributed by atoms with Crippen LogP contribution in [0.25, 0.3) is 45.7 Å². The molecule has 0 N–H and O–H groups in total. The van der Waals surface area contributed by atoms with Crippen molar-refractivity contribution in [3.05, 3.63) is 89.0 Å². The summed E-state index contributed by atoms with van der Waals surface area (Å²) < 4.78 is 10.6. The van der Waals surface area contributed by atoms with E-state index in [0.717, 1.165) is 11.1 Å². The second kappa shape index (κ2) is 7.64. The minimum absolute atomic E-state index is 0.0487. The van der Waals surface area contributed by atoms with E-state index >= 15 is 0 Å². The van der Waals surface area contributed by atoms with E-state index in [9.17, 15) is 10.1 Å². The van der Waals surface area contributed by atoms with Crippen LogP contribution in [-0.4, -0.2) is 25.2 Å². The zero-order valence-electron chi connectivity index (χ0n) is 15.9. The van der Waals surface area contributed by atoms with E-state index in [1.807, 2.05) is 60.7 Å². The van der Waals surface area contributed by atoms with Gasteiger partial charge in [-0.05, 0) is 12.1 Å². The summed E-state index contributed by atoms with van der Waals surface area (Å²) in [4.78, 5) is 19.9. The minimum atomic E-state index is -0.514. The van der Waals surface area contributed by atoms with Crippen molar-refractivity contribution in [2.24, 2.45) is 0 Å². The zero-order valence-corrected chi connectivity index (χ0v) is 15.9. The smallest absolute Gasteiger partial charge is 0.282 e. The molecule has 2 heterocycles. The Morgan fingerprint density at radius 1 is 0.677 bits per heavy atom. The topological polar surface area (TPSA) is 121 Å². The summed E-state index contributed by atoms with van der Waals surface area (Å²) in [5.41, 5.74) is 1.93. The van der Waals surface area contributed by atoms with Crippen LogP contribution in [-0.2, 0) is 0 Å². The molecule has 9 nitrogen and oxygen atoms in total. The molecule has 0 amide bonds. The molecule has 5 aromatic rings. The fraction of sp³-hybridized carbons (Fsp3) is 0. The Labute approximate surface area is 175 Å². The predicted molar refractivity (Wildman–Crippen MR) is 111 cm³/mol. The molecule has 9 heteroatoms. The number of aromatic nitrogens is 4. The monoisotopic (exact) mass is 411 g/mol. The van der Waals surface area contributed by atoms with Gasteiger partial charge in [-0.1, -0.05) is 71.0 Å². The standard InChI is InChI=1S/C22H13N5O4/c28-27(29)18-13-16(21-23-19(25-30-21)14-7-3-1-4-8-14)11-12-17(18)22-24-20(26-31-22)15-9-5-2-6-10-15/h1-13H. The van der Waals surface area contributed by atoms with Crippen LogP contribution >= 0.6 is 0 Å². The minimum Gasteiger partial charge on any atom is -0.334 e. The molecule has 3 aromatic carbocycles. The number of rotatable bonds is 5. The largest absolute Gasteiger partial charge is 0.334 e. The quantitative estimate of drug-likeness (QED) is 0.292. The van der Waals surface area contributed by atoms with Crippen molar-refractivity contribution in [3.63, 3.8) is 0 Å². The average molecular weight is 411 g/mol. The van der Waals surface area contributed by atoms with Crippen LogP contribution in [0, 0.1) is 10.1 Å². The zero-order chi connectivity index (χ0) is 21.2. The molecule has 0 radical (unpaired) electrons. The van der Waals surface area contributed by atoms with Gasteiger partial charge in [-0.2, -0.15) is 9.97 Å². The van der Waals surface area contributed by atoms with Crippen molar-refractivity contribution >= 4 is 5.69 Å². The SMILES string of the molecule is O=[N+]([O-])c1cc(-c2nc(-c3ccccc3)no2)ccc1-c1nc(-c2ccccc2)no1. The second-order valence-electron chi connectivity index (χ2n) is 6.57. The Morgan fingerprint density at radius 3 is 1.81 bits per heavy atom. The van der Waals surface area contributed by atoms with E-state index < -0.39 is 4.92 Å². The lowest BCUT2D eigenvalue weighted by molar-refractivity contribution is -0.384. The van der Waals surface area contributed by atoms with Gasteiger partial charge in [-0.3, -0.25) is 10.1 Å². The van der Waals surface area contributed by atoms with Gasteiger partial charge < -0.3 is 9.05 Å². The van der Waals surface area contributed by atoms with Crippen LogP contribution in [0.15, 0.2) is 87.9 Å². The number of nitro benzene ring substituents is 1. The van der Waals surface area contributed by atoms with E-state index in [0.29, 0.717) is 17.2 Å². The second-order valence-corrected chi connectivity index (χ2v) is 6.57. The molecule has 0 bridgehead atoms.